The first-order valence-corrected chi connectivity index (χ1v) is 6.31. The standard InChI is InChI=1S/C6H7N.C4H7O6P/c7-6-4-2-1-3-5-6;1-3(5)2-4(6)10-11(7,8)9/h1-5H,7H2;2H2,1H3,(H2,7,8,9). The van der Waals surface area contributed by atoms with Gasteiger partial charge >= 0.3 is 13.8 Å². The van der Waals surface area contributed by atoms with Gasteiger partial charge in [-0.1, -0.05) is 18.2 Å². The van der Waals surface area contributed by atoms with E-state index in [1.165, 1.54) is 0 Å². The van der Waals surface area contributed by atoms with Crippen LogP contribution in [0.1, 0.15) is 13.3 Å². The van der Waals surface area contributed by atoms with Crippen LogP contribution in [0.4, 0.5) is 5.69 Å². The lowest BCUT2D eigenvalue weighted by molar-refractivity contribution is -0.138. The molecule has 4 N–H and O–H groups in total. The summed E-state index contributed by atoms with van der Waals surface area (Å²) in [5, 5.41) is 0. The second-order valence-electron chi connectivity index (χ2n) is 3.24. The molecule has 0 aliphatic heterocycles. The van der Waals surface area contributed by atoms with Crippen molar-refractivity contribution in [2.24, 2.45) is 0 Å². The van der Waals surface area contributed by atoms with Crippen LogP contribution >= 0.6 is 7.82 Å². The summed E-state index contributed by atoms with van der Waals surface area (Å²) >= 11 is 0. The number of benzene rings is 1. The van der Waals surface area contributed by atoms with Gasteiger partial charge in [0, 0.05) is 5.69 Å². The third-order valence-corrected chi connectivity index (χ3v) is 1.86. The largest absolute Gasteiger partial charge is 0.526 e. The maximum absolute atomic E-state index is 10.3. The minimum absolute atomic E-state index is 0.511. The quantitative estimate of drug-likeness (QED) is 0.424. The Morgan fingerprint density at radius 1 is 1.28 bits per heavy atom. The van der Waals surface area contributed by atoms with E-state index in [9.17, 15) is 14.2 Å². The van der Waals surface area contributed by atoms with Crippen molar-refractivity contribution in [3.8, 4) is 0 Å². The molecule has 0 spiro atoms. The zero-order chi connectivity index (χ0) is 14.2. The van der Waals surface area contributed by atoms with Gasteiger partial charge < -0.3 is 10.3 Å². The number of anilines is 1. The molecule has 18 heavy (non-hydrogen) atoms. The topological polar surface area (TPSA) is 127 Å². The van der Waals surface area contributed by atoms with Crippen molar-refractivity contribution in [1.29, 1.82) is 0 Å². The fourth-order valence-electron chi connectivity index (χ4n) is 0.821. The van der Waals surface area contributed by atoms with Crippen LogP contribution in [-0.4, -0.2) is 21.5 Å². The molecule has 100 valence electrons. The summed E-state index contributed by atoms with van der Waals surface area (Å²) < 4.78 is 13.5. The van der Waals surface area contributed by atoms with E-state index in [2.05, 4.69) is 4.52 Å². The van der Waals surface area contributed by atoms with Crippen LogP contribution in [0.15, 0.2) is 30.3 Å². The second kappa shape index (κ2) is 7.60. The number of rotatable bonds is 3. The number of ketones is 1. The molecule has 0 aromatic heterocycles. The van der Waals surface area contributed by atoms with Gasteiger partial charge in [0.2, 0.25) is 0 Å². The summed E-state index contributed by atoms with van der Waals surface area (Å²) in [4.78, 5) is 36.6. The first-order valence-electron chi connectivity index (χ1n) is 4.78. The summed E-state index contributed by atoms with van der Waals surface area (Å²) in [6.45, 7) is 1.11. The van der Waals surface area contributed by atoms with Gasteiger partial charge in [-0.25, -0.2) is 4.57 Å². The minimum atomic E-state index is -4.78. The lowest BCUT2D eigenvalue weighted by atomic mass is 10.3. The molecule has 0 saturated heterocycles. The van der Waals surface area contributed by atoms with Gasteiger partial charge in [0.25, 0.3) is 0 Å². The molecule has 0 aliphatic carbocycles. The highest BCUT2D eigenvalue weighted by atomic mass is 31.2. The zero-order valence-corrected chi connectivity index (χ0v) is 10.5. The van der Waals surface area contributed by atoms with E-state index in [4.69, 9.17) is 15.5 Å². The van der Waals surface area contributed by atoms with Crippen LogP contribution < -0.4 is 5.73 Å². The number of nitrogens with two attached hydrogens (primary N) is 1. The van der Waals surface area contributed by atoms with Crippen LogP contribution in [0.3, 0.4) is 0 Å². The molecule has 0 atom stereocenters. The molecule has 8 heteroatoms. The Morgan fingerprint density at radius 3 is 2.06 bits per heavy atom. The molecule has 0 heterocycles. The molecule has 1 aromatic carbocycles. The van der Waals surface area contributed by atoms with Gasteiger partial charge in [-0.15, -0.1) is 0 Å². The maximum Gasteiger partial charge on any atom is 0.526 e. The Labute approximate surface area is 104 Å². The molecule has 0 radical (unpaired) electrons. The molecule has 0 bridgehead atoms. The third kappa shape index (κ3) is 10.8. The third-order valence-electron chi connectivity index (χ3n) is 1.41. The molecule has 0 unspecified atom stereocenters. The molecule has 1 aromatic rings. The summed E-state index contributed by atoms with van der Waals surface area (Å²) in [5.41, 5.74) is 6.18. The molecule has 0 amide bonds. The smallest absolute Gasteiger partial charge is 0.399 e. The van der Waals surface area contributed by atoms with Crippen molar-refractivity contribution < 1.29 is 28.5 Å². The SMILES string of the molecule is CC(=O)CC(=O)OP(=O)(O)O.Nc1ccccc1. The predicted molar refractivity (Wildman–Crippen MR) is 64.3 cm³/mol. The number of phosphoric ester groups is 1. The van der Waals surface area contributed by atoms with Crippen LogP contribution in [0.2, 0.25) is 0 Å². The highest BCUT2D eigenvalue weighted by Gasteiger charge is 2.20. The summed E-state index contributed by atoms with van der Waals surface area (Å²) in [6.07, 6.45) is -0.620. The van der Waals surface area contributed by atoms with Gasteiger partial charge in [-0.3, -0.25) is 19.4 Å². The first kappa shape index (κ1) is 16.3. The number of carbonyl (C=O) groups excluding carboxylic acids is 2. The van der Waals surface area contributed by atoms with Crippen molar-refractivity contribution in [3.05, 3.63) is 30.3 Å². The van der Waals surface area contributed by atoms with Gasteiger partial charge in [-0.05, 0) is 19.1 Å². The number of nitrogen functional groups attached to an aromatic ring is 1. The normalized spacial score (nSPS) is 9.94. The Morgan fingerprint density at radius 2 is 1.78 bits per heavy atom. The van der Waals surface area contributed by atoms with Gasteiger partial charge in [0.15, 0.2) is 0 Å². The number of hydrogen-bond acceptors (Lipinski definition) is 5. The van der Waals surface area contributed by atoms with E-state index in [0.717, 1.165) is 12.6 Å². The average molecular weight is 275 g/mol. The molecule has 0 aliphatic rings. The number of phosphoric acid groups is 1. The Balaban J connectivity index is 0.000000351. The van der Waals surface area contributed by atoms with Crippen LogP contribution in [-0.2, 0) is 18.7 Å². The first-order chi connectivity index (χ1) is 8.20. The summed E-state index contributed by atoms with van der Waals surface area (Å²) in [7, 11) is -4.78. The van der Waals surface area contributed by atoms with Crippen molar-refractivity contribution >= 4 is 25.3 Å². The fourth-order valence-corrected chi connectivity index (χ4v) is 1.15. The van der Waals surface area contributed by atoms with Gasteiger partial charge in [0.05, 0.1) is 0 Å². The van der Waals surface area contributed by atoms with Crippen LogP contribution in [0, 0.1) is 0 Å². The lowest BCUT2D eigenvalue weighted by Crippen LogP contribution is -2.06. The van der Waals surface area contributed by atoms with E-state index in [-0.39, 0.29) is 0 Å². The molecular weight excluding hydrogens is 261 g/mol. The number of para-hydroxylation sites is 1. The van der Waals surface area contributed by atoms with E-state index in [1.54, 1.807) is 0 Å². The van der Waals surface area contributed by atoms with Crippen molar-refractivity contribution in [1.82, 2.24) is 0 Å². The molecule has 0 saturated carbocycles. The van der Waals surface area contributed by atoms with Crippen LogP contribution in [0.25, 0.3) is 0 Å². The fraction of sp³-hybridized carbons (Fsp3) is 0.200. The number of carbonyl (C=O) groups is 2. The minimum Gasteiger partial charge on any atom is -0.399 e. The highest BCUT2D eigenvalue weighted by Crippen LogP contribution is 2.36. The molecule has 1 rings (SSSR count). The summed E-state index contributed by atoms with van der Waals surface area (Å²) in [6, 6.07) is 9.49. The van der Waals surface area contributed by atoms with Gasteiger partial charge in [-0.2, -0.15) is 0 Å². The van der Waals surface area contributed by atoms with E-state index < -0.39 is 26.0 Å². The Kier molecular flexibility index (Phi) is 6.89. The van der Waals surface area contributed by atoms with Crippen molar-refractivity contribution in [3.63, 3.8) is 0 Å². The number of Topliss-reactive ketones (excluding diaryl/α,β-unsaturated/α-hetero) is 1. The Hall–Kier alpha value is -1.69. The maximum atomic E-state index is 10.3. The van der Waals surface area contributed by atoms with Crippen molar-refractivity contribution in [2.75, 3.05) is 5.73 Å². The average Bonchev–Trinajstić information content (AvgIpc) is 2.14. The van der Waals surface area contributed by atoms with Gasteiger partial charge in [0.1, 0.15) is 12.2 Å². The Bertz CT molecular complexity index is 441. The van der Waals surface area contributed by atoms with E-state index >= 15 is 0 Å². The predicted octanol–water partition coefficient (Wildman–Crippen LogP) is 0.870. The van der Waals surface area contributed by atoms with Crippen molar-refractivity contribution in [2.45, 2.75) is 13.3 Å². The lowest BCUT2D eigenvalue weighted by Gasteiger charge is -2.02. The van der Waals surface area contributed by atoms with E-state index in [0.29, 0.717) is 0 Å². The number of hydrogen-bond donors (Lipinski definition) is 3. The molecular formula is C10H14NO6P. The monoisotopic (exact) mass is 275 g/mol. The van der Waals surface area contributed by atoms with E-state index in [1.807, 2.05) is 30.3 Å². The van der Waals surface area contributed by atoms with Crippen LogP contribution in [0.5, 0.6) is 0 Å². The summed E-state index contributed by atoms with van der Waals surface area (Å²) in [5.74, 6) is -1.73. The second-order valence-corrected chi connectivity index (χ2v) is 4.41. The highest BCUT2D eigenvalue weighted by molar-refractivity contribution is 7.46. The zero-order valence-electron chi connectivity index (χ0n) is 9.65. The molecule has 7 nitrogen and oxygen atoms in total. The molecule has 0 fully saturated rings.